The summed E-state index contributed by atoms with van der Waals surface area (Å²) in [7, 11) is 0. The van der Waals surface area contributed by atoms with E-state index >= 15 is 0 Å². The third-order valence-corrected chi connectivity index (χ3v) is 9.59. The minimum absolute atomic E-state index is 0.884. The van der Waals surface area contributed by atoms with Crippen LogP contribution in [0.15, 0.2) is 156 Å². The summed E-state index contributed by atoms with van der Waals surface area (Å²) in [6.07, 6.45) is 0. The van der Waals surface area contributed by atoms with Gasteiger partial charge in [0.2, 0.25) is 0 Å². The molecule has 0 N–H and O–H groups in total. The molecule has 0 unspecified atom stereocenters. The van der Waals surface area contributed by atoms with Gasteiger partial charge in [0.1, 0.15) is 11.2 Å². The number of fused-ring (bicyclic) bond motifs is 8. The summed E-state index contributed by atoms with van der Waals surface area (Å²) in [4.78, 5) is 2.39. The van der Waals surface area contributed by atoms with Crippen LogP contribution in [-0.4, -0.2) is 0 Å². The maximum absolute atomic E-state index is 6.61. The van der Waals surface area contributed by atoms with Crippen molar-refractivity contribution < 1.29 is 4.42 Å². The van der Waals surface area contributed by atoms with Crippen molar-refractivity contribution in [1.82, 2.24) is 0 Å². The zero-order valence-corrected chi connectivity index (χ0v) is 24.0. The Kier molecular flexibility index (Phi) is 5.40. The Labute approximate surface area is 252 Å². The van der Waals surface area contributed by atoms with Crippen molar-refractivity contribution in [2.75, 3.05) is 4.90 Å². The van der Waals surface area contributed by atoms with Gasteiger partial charge in [-0.25, -0.2) is 0 Å². The highest BCUT2D eigenvalue weighted by Gasteiger charge is 2.21. The van der Waals surface area contributed by atoms with Gasteiger partial charge in [-0.15, -0.1) is 11.3 Å². The Morgan fingerprint density at radius 2 is 1.21 bits per heavy atom. The van der Waals surface area contributed by atoms with E-state index in [1.807, 2.05) is 11.3 Å². The summed E-state index contributed by atoms with van der Waals surface area (Å²) in [5.74, 6) is 0. The lowest BCUT2D eigenvalue weighted by Gasteiger charge is -2.27. The number of nitrogens with zero attached hydrogens (tertiary/aromatic N) is 1. The molecule has 2 nitrogen and oxygen atoms in total. The van der Waals surface area contributed by atoms with E-state index in [0.29, 0.717) is 0 Å². The molecule has 0 saturated carbocycles. The smallest absolute Gasteiger partial charge is 0.143 e. The van der Waals surface area contributed by atoms with E-state index < -0.39 is 0 Å². The van der Waals surface area contributed by atoms with Gasteiger partial charge in [0.25, 0.3) is 0 Å². The molecule has 0 atom stereocenters. The quantitative estimate of drug-likeness (QED) is 0.210. The maximum atomic E-state index is 6.61. The fourth-order valence-electron chi connectivity index (χ4n) is 6.46. The summed E-state index contributed by atoms with van der Waals surface area (Å²) in [6, 6.07) is 54.3. The summed E-state index contributed by atoms with van der Waals surface area (Å²) in [5, 5.41) is 7.11. The predicted molar refractivity (Wildman–Crippen MR) is 184 cm³/mol. The van der Waals surface area contributed by atoms with Gasteiger partial charge >= 0.3 is 0 Å². The van der Waals surface area contributed by atoms with E-state index in [-0.39, 0.29) is 0 Å². The predicted octanol–water partition coefficient (Wildman–Crippen LogP) is 12.2. The van der Waals surface area contributed by atoms with Gasteiger partial charge in [-0.2, -0.15) is 0 Å². The highest BCUT2D eigenvalue weighted by Crippen LogP contribution is 2.46. The third-order valence-electron chi connectivity index (χ3n) is 8.44. The second-order valence-electron chi connectivity index (χ2n) is 10.9. The molecule has 0 fully saturated rings. The zero-order valence-electron chi connectivity index (χ0n) is 23.2. The largest absolute Gasteiger partial charge is 0.455 e. The van der Waals surface area contributed by atoms with E-state index in [4.69, 9.17) is 4.42 Å². The van der Waals surface area contributed by atoms with Crippen molar-refractivity contribution in [1.29, 1.82) is 0 Å². The fraction of sp³-hybridized carbons (Fsp3) is 0. The first-order valence-corrected chi connectivity index (χ1v) is 15.3. The van der Waals surface area contributed by atoms with Crippen LogP contribution in [0, 0.1) is 0 Å². The average Bonchev–Trinajstić information content (AvgIpc) is 3.64. The highest BCUT2D eigenvalue weighted by atomic mass is 32.1. The Balaban J connectivity index is 1.34. The zero-order chi connectivity index (χ0) is 28.3. The molecule has 0 radical (unpaired) electrons. The molecule has 7 aromatic carbocycles. The molecule has 0 spiro atoms. The molecule has 3 heteroatoms. The number of thiophene rings is 1. The third kappa shape index (κ3) is 3.86. The average molecular weight is 568 g/mol. The number of hydrogen-bond donors (Lipinski definition) is 0. The molecule has 43 heavy (non-hydrogen) atoms. The number of benzene rings is 7. The van der Waals surface area contributed by atoms with Crippen LogP contribution in [0.3, 0.4) is 0 Å². The van der Waals surface area contributed by atoms with Gasteiger partial charge in [-0.3, -0.25) is 0 Å². The molecular formula is C40H25NOS. The Hall–Kier alpha value is -5.38. The van der Waals surface area contributed by atoms with Crippen molar-refractivity contribution in [3.8, 4) is 11.1 Å². The highest BCUT2D eigenvalue weighted by molar-refractivity contribution is 7.25. The molecule has 0 aliphatic rings. The van der Waals surface area contributed by atoms with Gasteiger partial charge in [0, 0.05) is 42.3 Å². The first kappa shape index (κ1) is 24.2. The maximum Gasteiger partial charge on any atom is 0.143 e. The monoisotopic (exact) mass is 567 g/mol. The summed E-state index contributed by atoms with van der Waals surface area (Å²) in [5.41, 5.74) is 7.50. The molecular weight excluding hydrogens is 543 g/mol. The molecule has 0 saturated heterocycles. The van der Waals surface area contributed by atoms with Crippen molar-refractivity contribution in [2.45, 2.75) is 0 Å². The molecule has 2 aromatic heterocycles. The van der Waals surface area contributed by atoms with Crippen LogP contribution in [-0.2, 0) is 0 Å². The van der Waals surface area contributed by atoms with Crippen LogP contribution in [0.25, 0.3) is 64.0 Å². The summed E-state index contributed by atoms with van der Waals surface area (Å²) >= 11 is 1.85. The number of anilines is 3. The first-order chi connectivity index (χ1) is 21.3. The number of hydrogen-bond acceptors (Lipinski definition) is 3. The van der Waals surface area contributed by atoms with Gasteiger partial charge < -0.3 is 9.32 Å². The molecule has 9 aromatic rings. The van der Waals surface area contributed by atoms with Gasteiger partial charge in [-0.1, -0.05) is 97.1 Å². The molecule has 0 aliphatic heterocycles. The second-order valence-corrected chi connectivity index (χ2v) is 12.0. The minimum Gasteiger partial charge on any atom is -0.455 e. The van der Waals surface area contributed by atoms with Crippen LogP contribution in [0.4, 0.5) is 17.1 Å². The fourth-order valence-corrected chi connectivity index (χ4v) is 7.54. The normalized spacial score (nSPS) is 11.7. The number of rotatable bonds is 4. The Morgan fingerprint density at radius 1 is 0.465 bits per heavy atom. The molecule has 2 heterocycles. The van der Waals surface area contributed by atoms with Crippen molar-refractivity contribution in [2.24, 2.45) is 0 Å². The molecule has 0 amide bonds. The van der Waals surface area contributed by atoms with E-state index in [2.05, 4.69) is 157 Å². The summed E-state index contributed by atoms with van der Waals surface area (Å²) in [6.45, 7) is 0. The lowest BCUT2D eigenvalue weighted by molar-refractivity contribution is 0.672. The first-order valence-electron chi connectivity index (χ1n) is 14.5. The lowest BCUT2D eigenvalue weighted by Crippen LogP contribution is -2.10. The van der Waals surface area contributed by atoms with E-state index in [1.54, 1.807) is 0 Å². The van der Waals surface area contributed by atoms with Crippen LogP contribution < -0.4 is 4.90 Å². The van der Waals surface area contributed by atoms with E-state index in [9.17, 15) is 0 Å². The van der Waals surface area contributed by atoms with Crippen LogP contribution in [0.2, 0.25) is 0 Å². The molecule has 202 valence electrons. The Bertz CT molecular complexity index is 2470. The van der Waals surface area contributed by atoms with Crippen LogP contribution in [0.1, 0.15) is 0 Å². The molecule has 0 aliphatic carbocycles. The Morgan fingerprint density at radius 3 is 2.14 bits per heavy atom. The topological polar surface area (TPSA) is 16.4 Å². The van der Waals surface area contributed by atoms with E-state index in [1.165, 1.54) is 36.7 Å². The lowest BCUT2D eigenvalue weighted by atomic mass is 10.0. The van der Waals surface area contributed by atoms with Crippen molar-refractivity contribution >= 4 is 81.3 Å². The minimum atomic E-state index is 0.884. The second kappa shape index (κ2) is 9.59. The SMILES string of the molecule is c1ccc(-c2cccc(N(c3ccc4sc5ccccc5c4c3)c3cccc4oc5c6ccccc6ccc5c34)c2)cc1. The van der Waals surface area contributed by atoms with E-state index in [0.717, 1.165) is 44.4 Å². The van der Waals surface area contributed by atoms with Gasteiger partial charge in [0.15, 0.2) is 0 Å². The van der Waals surface area contributed by atoms with Crippen molar-refractivity contribution in [3.05, 3.63) is 152 Å². The van der Waals surface area contributed by atoms with Crippen molar-refractivity contribution in [3.63, 3.8) is 0 Å². The summed E-state index contributed by atoms with van der Waals surface area (Å²) < 4.78 is 9.21. The molecule has 0 bridgehead atoms. The van der Waals surface area contributed by atoms with Crippen LogP contribution in [0.5, 0.6) is 0 Å². The van der Waals surface area contributed by atoms with Gasteiger partial charge in [-0.05, 0) is 71.1 Å². The molecule has 9 rings (SSSR count). The number of furan rings is 1. The van der Waals surface area contributed by atoms with Crippen LogP contribution >= 0.6 is 11.3 Å². The standard InChI is InChI=1S/C40H25NOS/c1-2-10-26(11-3-1)28-13-8-14-29(24-28)41(30-21-23-38-34(25-30)32-16-6-7-19-37(32)43-38)35-17-9-18-36-39(35)33-22-20-27-12-4-5-15-31(27)40(33)42-36/h1-25H. The van der Waals surface area contributed by atoms with Gasteiger partial charge in [0.05, 0.1) is 11.1 Å².